The second kappa shape index (κ2) is 10.2. The summed E-state index contributed by atoms with van der Waals surface area (Å²) in [6.45, 7) is 4.62. The number of nitrogens with one attached hydrogen (secondary N) is 1. The quantitative estimate of drug-likeness (QED) is 0.417. The molecule has 0 aliphatic carbocycles. The summed E-state index contributed by atoms with van der Waals surface area (Å²) in [5.74, 6) is 0.899. The van der Waals surface area contributed by atoms with Crippen molar-refractivity contribution in [3.05, 3.63) is 88.2 Å². The van der Waals surface area contributed by atoms with E-state index < -0.39 is 0 Å². The van der Waals surface area contributed by atoms with Gasteiger partial charge in [0.25, 0.3) is 5.56 Å². The van der Waals surface area contributed by atoms with E-state index in [1.165, 1.54) is 18.4 Å². The number of anilines is 1. The van der Waals surface area contributed by atoms with Crippen molar-refractivity contribution in [1.82, 2.24) is 15.1 Å². The molecule has 0 unspecified atom stereocenters. The Labute approximate surface area is 215 Å². The number of carbonyl (C=O) groups is 1. The molecule has 4 aromatic rings. The molecule has 1 fully saturated rings. The van der Waals surface area contributed by atoms with Gasteiger partial charge < -0.3 is 9.64 Å². The van der Waals surface area contributed by atoms with Gasteiger partial charge in [0.2, 0.25) is 5.91 Å². The minimum absolute atomic E-state index is 0.0772. The molecule has 7 heteroatoms. The molecule has 0 radical (unpaired) electrons. The van der Waals surface area contributed by atoms with E-state index in [0.717, 1.165) is 59.7 Å². The van der Waals surface area contributed by atoms with Crippen LogP contribution in [0.25, 0.3) is 22.0 Å². The number of rotatable bonds is 7. The van der Waals surface area contributed by atoms with Crippen molar-refractivity contribution in [2.24, 2.45) is 0 Å². The van der Waals surface area contributed by atoms with Crippen molar-refractivity contribution >= 4 is 22.4 Å². The monoisotopic (exact) mass is 494 g/mol. The SMILES string of the molecule is O=C(Cc1ccc(-c2n[nH]c(=O)c3ccccc23)cc1)N1CCc2ccc(OCCN3CCCC3)cc21. The number of ether oxygens (including phenoxy) is 1. The first-order chi connectivity index (χ1) is 18.2. The number of aromatic amines is 1. The highest BCUT2D eigenvalue weighted by molar-refractivity contribution is 5.97. The first-order valence-electron chi connectivity index (χ1n) is 13.0. The number of amides is 1. The lowest BCUT2D eigenvalue weighted by molar-refractivity contribution is -0.117. The van der Waals surface area contributed by atoms with Crippen molar-refractivity contribution in [1.29, 1.82) is 0 Å². The molecule has 2 aliphatic heterocycles. The molecule has 3 aromatic carbocycles. The molecular formula is C30H30N4O3. The zero-order valence-electron chi connectivity index (χ0n) is 20.8. The van der Waals surface area contributed by atoms with Gasteiger partial charge in [0, 0.05) is 30.1 Å². The lowest BCUT2D eigenvalue weighted by atomic mass is 10.0. The van der Waals surface area contributed by atoms with Gasteiger partial charge in [-0.15, -0.1) is 0 Å². The van der Waals surface area contributed by atoms with Gasteiger partial charge in [-0.3, -0.25) is 14.5 Å². The van der Waals surface area contributed by atoms with E-state index in [2.05, 4.69) is 21.2 Å². The fraction of sp³-hybridized carbons (Fsp3) is 0.300. The highest BCUT2D eigenvalue weighted by atomic mass is 16.5. The third-order valence-corrected chi connectivity index (χ3v) is 7.41. The second-order valence-corrected chi connectivity index (χ2v) is 9.80. The Balaban J connectivity index is 1.14. The number of hydrogen-bond acceptors (Lipinski definition) is 5. The maximum absolute atomic E-state index is 13.3. The lowest BCUT2D eigenvalue weighted by Crippen LogP contribution is -2.30. The summed E-state index contributed by atoms with van der Waals surface area (Å²) in [4.78, 5) is 29.7. The summed E-state index contributed by atoms with van der Waals surface area (Å²) in [6.07, 6.45) is 3.73. The molecule has 1 amide bonds. The molecule has 3 heterocycles. The van der Waals surface area contributed by atoms with Crippen LogP contribution in [0.15, 0.2) is 71.5 Å². The zero-order valence-corrected chi connectivity index (χ0v) is 20.8. The summed E-state index contributed by atoms with van der Waals surface area (Å²) in [7, 11) is 0. The number of likely N-dealkylation sites (tertiary alicyclic amines) is 1. The zero-order chi connectivity index (χ0) is 25.2. The van der Waals surface area contributed by atoms with E-state index in [9.17, 15) is 9.59 Å². The van der Waals surface area contributed by atoms with Gasteiger partial charge in [-0.05, 0) is 55.6 Å². The minimum Gasteiger partial charge on any atom is -0.492 e. The largest absolute Gasteiger partial charge is 0.492 e. The van der Waals surface area contributed by atoms with Crippen molar-refractivity contribution in [3.63, 3.8) is 0 Å². The fourth-order valence-corrected chi connectivity index (χ4v) is 5.39. The maximum atomic E-state index is 13.3. The molecule has 0 spiro atoms. The van der Waals surface area contributed by atoms with Crippen LogP contribution in [-0.2, 0) is 17.6 Å². The molecule has 0 atom stereocenters. The Bertz CT molecular complexity index is 1490. The van der Waals surface area contributed by atoms with Crippen LogP contribution in [0.3, 0.4) is 0 Å². The molecule has 188 valence electrons. The molecule has 37 heavy (non-hydrogen) atoms. The van der Waals surface area contributed by atoms with Gasteiger partial charge in [-0.25, -0.2) is 5.10 Å². The molecular weight excluding hydrogens is 464 g/mol. The van der Waals surface area contributed by atoms with E-state index in [1.807, 2.05) is 59.5 Å². The van der Waals surface area contributed by atoms with E-state index in [1.54, 1.807) is 6.07 Å². The number of fused-ring (bicyclic) bond motifs is 2. The van der Waals surface area contributed by atoms with Crippen LogP contribution in [0.5, 0.6) is 5.75 Å². The first kappa shape index (κ1) is 23.4. The summed E-state index contributed by atoms with van der Waals surface area (Å²) in [5.41, 5.74) is 4.50. The fourth-order valence-electron chi connectivity index (χ4n) is 5.39. The van der Waals surface area contributed by atoms with Gasteiger partial charge in [0.05, 0.1) is 23.2 Å². The first-order valence-corrected chi connectivity index (χ1v) is 13.0. The average molecular weight is 495 g/mol. The van der Waals surface area contributed by atoms with Crippen LogP contribution in [0, 0.1) is 0 Å². The minimum atomic E-state index is -0.201. The predicted molar refractivity (Wildman–Crippen MR) is 145 cm³/mol. The van der Waals surface area contributed by atoms with Gasteiger partial charge in [0.1, 0.15) is 12.4 Å². The van der Waals surface area contributed by atoms with Crippen LogP contribution in [0.4, 0.5) is 5.69 Å². The van der Waals surface area contributed by atoms with Crippen molar-refractivity contribution in [2.45, 2.75) is 25.7 Å². The number of carbonyl (C=O) groups excluding carboxylic acids is 1. The molecule has 7 nitrogen and oxygen atoms in total. The van der Waals surface area contributed by atoms with Crippen LogP contribution >= 0.6 is 0 Å². The Morgan fingerprint density at radius 1 is 0.946 bits per heavy atom. The van der Waals surface area contributed by atoms with Gasteiger partial charge >= 0.3 is 0 Å². The predicted octanol–water partition coefficient (Wildman–Crippen LogP) is 4.20. The molecule has 1 saturated heterocycles. The Morgan fingerprint density at radius 2 is 1.73 bits per heavy atom. The number of H-pyrrole nitrogens is 1. The van der Waals surface area contributed by atoms with E-state index >= 15 is 0 Å². The number of benzene rings is 3. The number of hydrogen-bond donors (Lipinski definition) is 1. The summed E-state index contributed by atoms with van der Waals surface area (Å²) in [5, 5.41) is 8.28. The lowest BCUT2D eigenvalue weighted by Gasteiger charge is -2.19. The summed E-state index contributed by atoms with van der Waals surface area (Å²) in [6, 6.07) is 21.4. The topological polar surface area (TPSA) is 78.5 Å². The summed E-state index contributed by atoms with van der Waals surface area (Å²) >= 11 is 0. The van der Waals surface area contributed by atoms with Crippen molar-refractivity contribution in [3.8, 4) is 17.0 Å². The smallest absolute Gasteiger partial charge is 0.272 e. The van der Waals surface area contributed by atoms with Crippen molar-refractivity contribution in [2.75, 3.05) is 37.7 Å². The Kier molecular flexibility index (Phi) is 6.45. The normalized spacial score (nSPS) is 15.3. The molecule has 1 N–H and O–H groups in total. The van der Waals surface area contributed by atoms with E-state index in [-0.39, 0.29) is 11.5 Å². The van der Waals surface area contributed by atoms with Gasteiger partial charge in [-0.2, -0.15) is 5.10 Å². The number of nitrogens with zero attached hydrogens (tertiary/aromatic N) is 3. The molecule has 0 bridgehead atoms. The van der Waals surface area contributed by atoms with E-state index in [0.29, 0.717) is 25.0 Å². The third-order valence-electron chi connectivity index (χ3n) is 7.41. The van der Waals surface area contributed by atoms with Crippen LogP contribution in [-0.4, -0.2) is 53.8 Å². The maximum Gasteiger partial charge on any atom is 0.272 e. The van der Waals surface area contributed by atoms with E-state index in [4.69, 9.17) is 4.74 Å². The van der Waals surface area contributed by atoms with Gasteiger partial charge in [-0.1, -0.05) is 48.5 Å². The Hall–Kier alpha value is -3.97. The highest BCUT2D eigenvalue weighted by Gasteiger charge is 2.25. The van der Waals surface area contributed by atoms with Crippen molar-refractivity contribution < 1.29 is 9.53 Å². The Morgan fingerprint density at radius 3 is 2.54 bits per heavy atom. The van der Waals surface area contributed by atoms with Crippen LogP contribution < -0.4 is 15.2 Å². The van der Waals surface area contributed by atoms with Crippen LogP contribution in [0.1, 0.15) is 24.0 Å². The molecule has 1 aromatic heterocycles. The highest BCUT2D eigenvalue weighted by Crippen LogP contribution is 2.32. The third kappa shape index (κ3) is 4.87. The number of aromatic nitrogens is 2. The molecule has 0 saturated carbocycles. The molecule has 2 aliphatic rings. The average Bonchev–Trinajstić information content (AvgIpc) is 3.60. The summed E-state index contributed by atoms with van der Waals surface area (Å²) < 4.78 is 6.02. The van der Waals surface area contributed by atoms with Gasteiger partial charge in [0.15, 0.2) is 0 Å². The van der Waals surface area contributed by atoms with Crippen LogP contribution in [0.2, 0.25) is 0 Å². The standard InChI is InChI=1S/C30H30N4O3/c35-28(34-16-13-22-11-12-24(20-27(22)34)37-18-17-33-14-3-4-15-33)19-21-7-9-23(10-8-21)29-25-5-1-2-6-26(25)30(36)32-31-29/h1-2,5-12,20H,3-4,13-19H2,(H,32,36). The molecule has 6 rings (SSSR count). The second-order valence-electron chi connectivity index (χ2n) is 9.80.